The van der Waals surface area contributed by atoms with Gasteiger partial charge in [0.15, 0.2) is 5.16 Å². The van der Waals surface area contributed by atoms with Gasteiger partial charge < -0.3 is 9.88 Å². The fraction of sp³-hybridized carbons (Fsp3) is 0.417. The van der Waals surface area contributed by atoms with E-state index in [0.717, 1.165) is 28.1 Å². The molecule has 0 aliphatic carbocycles. The van der Waals surface area contributed by atoms with Crippen molar-refractivity contribution in [3.63, 3.8) is 0 Å². The normalized spacial score (nSPS) is 10.9. The molecule has 1 N–H and O–H groups in total. The average molecular weight is 263 g/mol. The van der Waals surface area contributed by atoms with Crippen LogP contribution < -0.4 is 5.32 Å². The second-order valence-electron chi connectivity index (χ2n) is 4.19. The Labute approximate surface area is 111 Å². The Morgan fingerprint density at radius 3 is 2.67 bits per heavy atom. The summed E-state index contributed by atoms with van der Waals surface area (Å²) in [6, 6.07) is 2.15. The first-order valence-electron chi connectivity index (χ1n) is 5.75. The molecule has 0 saturated carbocycles. The molecule has 0 aliphatic heterocycles. The Kier molecular flexibility index (Phi) is 3.98. The van der Waals surface area contributed by atoms with E-state index in [4.69, 9.17) is 0 Å². The molecule has 0 amide bonds. The van der Waals surface area contributed by atoms with Crippen molar-refractivity contribution < 1.29 is 0 Å². The van der Waals surface area contributed by atoms with Gasteiger partial charge in [-0.2, -0.15) is 0 Å². The maximum atomic E-state index is 4.48. The van der Waals surface area contributed by atoms with Crippen molar-refractivity contribution in [2.75, 3.05) is 7.05 Å². The molecular weight excluding hydrogens is 246 g/mol. The van der Waals surface area contributed by atoms with E-state index in [1.54, 1.807) is 11.8 Å². The molecule has 0 bridgehead atoms. The van der Waals surface area contributed by atoms with E-state index in [0.29, 0.717) is 0 Å². The van der Waals surface area contributed by atoms with Gasteiger partial charge in [-0.15, -0.1) is 10.2 Å². The molecule has 0 radical (unpaired) electrons. The van der Waals surface area contributed by atoms with Gasteiger partial charge in [0.1, 0.15) is 10.9 Å². The van der Waals surface area contributed by atoms with Gasteiger partial charge in [-0.3, -0.25) is 0 Å². The van der Waals surface area contributed by atoms with Gasteiger partial charge in [-0.05, 0) is 43.8 Å². The van der Waals surface area contributed by atoms with Gasteiger partial charge in [0, 0.05) is 19.8 Å². The SMILES string of the molecule is CNCc1cnc(Sc2nnc(C)n2C)c(C)c1. The van der Waals surface area contributed by atoms with Gasteiger partial charge >= 0.3 is 0 Å². The second kappa shape index (κ2) is 5.49. The molecule has 0 saturated heterocycles. The molecule has 0 spiro atoms. The summed E-state index contributed by atoms with van der Waals surface area (Å²) in [4.78, 5) is 4.48. The Balaban J connectivity index is 2.22. The number of pyridine rings is 1. The van der Waals surface area contributed by atoms with Gasteiger partial charge in [-0.1, -0.05) is 6.07 Å². The molecule has 6 heteroatoms. The third-order valence-corrected chi connectivity index (χ3v) is 3.87. The predicted octanol–water partition coefficient (Wildman–Crippen LogP) is 1.70. The predicted molar refractivity (Wildman–Crippen MR) is 71.6 cm³/mol. The third-order valence-electron chi connectivity index (χ3n) is 2.71. The van der Waals surface area contributed by atoms with Crippen LogP contribution in [0.25, 0.3) is 0 Å². The van der Waals surface area contributed by atoms with Crippen molar-refractivity contribution in [1.29, 1.82) is 0 Å². The van der Waals surface area contributed by atoms with Crippen LogP contribution in [0.15, 0.2) is 22.4 Å². The first kappa shape index (κ1) is 13.0. The number of rotatable bonds is 4. The lowest BCUT2D eigenvalue weighted by atomic mass is 10.2. The van der Waals surface area contributed by atoms with Crippen LogP contribution >= 0.6 is 11.8 Å². The van der Waals surface area contributed by atoms with E-state index < -0.39 is 0 Å². The monoisotopic (exact) mass is 263 g/mol. The molecule has 5 nitrogen and oxygen atoms in total. The summed E-state index contributed by atoms with van der Waals surface area (Å²) in [7, 11) is 3.89. The lowest BCUT2D eigenvalue weighted by Gasteiger charge is -2.06. The highest BCUT2D eigenvalue weighted by Crippen LogP contribution is 2.27. The summed E-state index contributed by atoms with van der Waals surface area (Å²) in [6.07, 6.45) is 1.90. The Morgan fingerprint density at radius 1 is 1.33 bits per heavy atom. The van der Waals surface area contributed by atoms with Crippen LogP contribution in [0, 0.1) is 13.8 Å². The van der Waals surface area contributed by atoms with E-state index in [-0.39, 0.29) is 0 Å². The summed E-state index contributed by atoms with van der Waals surface area (Å²) >= 11 is 1.55. The smallest absolute Gasteiger partial charge is 0.197 e. The van der Waals surface area contributed by atoms with Crippen LogP contribution in [0.4, 0.5) is 0 Å². The van der Waals surface area contributed by atoms with Crippen LogP contribution in [0.1, 0.15) is 17.0 Å². The first-order valence-corrected chi connectivity index (χ1v) is 6.57. The highest BCUT2D eigenvalue weighted by atomic mass is 32.2. The minimum atomic E-state index is 0.835. The molecule has 2 rings (SSSR count). The highest BCUT2D eigenvalue weighted by molar-refractivity contribution is 7.99. The second-order valence-corrected chi connectivity index (χ2v) is 5.14. The van der Waals surface area contributed by atoms with Crippen LogP contribution in [0.3, 0.4) is 0 Å². The van der Waals surface area contributed by atoms with Crippen LogP contribution in [-0.4, -0.2) is 26.8 Å². The van der Waals surface area contributed by atoms with Crippen molar-refractivity contribution in [3.05, 3.63) is 29.2 Å². The summed E-state index contributed by atoms with van der Waals surface area (Å²) < 4.78 is 1.97. The average Bonchev–Trinajstić information content (AvgIpc) is 2.65. The number of nitrogens with zero attached hydrogens (tertiary/aromatic N) is 4. The molecule has 0 fully saturated rings. The molecule has 0 unspecified atom stereocenters. The largest absolute Gasteiger partial charge is 0.316 e. The lowest BCUT2D eigenvalue weighted by Crippen LogP contribution is -2.06. The van der Waals surface area contributed by atoms with Crippen molar-refractivity contribution in [1.82, 2.24) is 25.1 Å². The summed E-state index contributed by atoms with van der Waals surface area (Å²) in [5.74, 6) is 0.905. The number of nitrogens with one attached hydrogen (secondary N) is 1. The van der Waals surface area contributed by atoms with E-state index >= 15 is 0 Å². The number of hydrogen-bond acceptors (Lipinski definition) is 5. The molecule has 96 valence electrons. The molecule has 0 aliphatic rings. The van der Waals surface area contributed by atoms with E-state index in [9.17, 15) is 0 Å². The van der Waals surface area contributed by atoms with Crippen LogP contribution in [-0.2, 0) is 13.6 Å². The van der Waals surface area contributed by atoms with Gasteiger partial charge in [0.05, 0.1) is 0 Å². The molecule has 2 heterocycles. The van der Waals surface area contributed by atoms with E-state index in [2.05, 4.69) is 33.5 Å². The van der Waals surface area contributed by atoms with Gasteiger partial charge in [-0.25, -0.2) is 4.98 Å². The standard InChI is InChI=1S/C12H17N5S/c1-8-5-10(6-13-3)7-14-11(8)18-12-16-15-9(2)17(12)4/h5,7,13H,6H2,1-4H3. The maximum Gasteiger partial charge on any atom is 0.197 e. The van der Waals surface area contributed by atoms with Crippen LogP contribution in [0.5, 0.6) is 0 Å². The molecule has 2 aromatic heterocycles. The first-order chi connectivity index (χ1) is 8.61. The highest BCUT2D eigenvalue weighted by Gasteiger charge is 2.10. The Morgan fingerprint density at radius 2 is 2.11 bits per heavy atom. The zero-order chi connectivity index (χ0) is 13.1. The fourth-order valence-electron chi connectivity index (χ4n) is 1.59. The maximum absolute atomic E-state index is 4.48. The zero-order valence-electron chi connectivity index (χ0n) is 11.1. The minimum absolute atomic E-state index is 0.835. The molecule has 2 aromatic rings. The van der Waals surface area contributed by atoms with Crippen molar-refractivity contribution in [2.45, 2.75) is 30.6 Å². The molecule has 0 atom stereocenters. The van der Waals surface area contributed by atoms with E-state index in [1.807, 2.05) is 31.8 Å². The molecule has 18 heavy (non-hydrogen) atoms. The van der Waals surface area contributed by atoms with Gasteiger partial charge in [0.25, 0.3) is 0 Å². The minimum Gasteiger partial charge on any atom is -0.316 e. The van der Waals surface area contributed by atoms with E-state index in [1.165, 1.54) is 5.56 Å². The fourth-order valence-corrected chi connectivity index (χ4v) is 2.44. The Hall–Kier alpha value is -1.40. The molecule has 0 aromatic carbocycles. The summed E-state index contributed by atoms with van der Waals surface area (Å²) in [5.41, 5.74) is 2.35. The number of aromatic nitrogens is 4. The summed E-state index contributed by atoms with van der Waals surface area (Å²) in [6.45, 7) is 4.84. The van der Waals surface area contributed by atoms with Gasteiger partial charge in [0.2, 0.25) is 0 Å². The van der Waals surface area contributed by atoms with Crippen molar-refractivity contribution in [3.8, 4) is 0 Å². The van der Waals surface area contributed by atoms with Crippen LogP contribution in [0.2, 0.25) is 0 Å². The zero-order valence-corrected chi connectivity index (χ0v) is 11.9. The molecular formula is C12H17N5S. The lowest BCUT2D eigenvalue weighted by molar-refractivity contribution is 0.763. The Bertz CT molecular complexity index is 549. The quantitative estimate of drug-likeness (QED) is 0.910. The number of aryl methyl sites for hydroxylation is 2. The summed E-state index contributed by atoms with van der Waals surface area (Å²) in [5, 5.41) is 13.1. The number of hydrogen-bond donors (Lipinski definition) is 1. The van der Waals surface area contributed by atoms with Crippen molar-refractivity contribution >= 4 is 11.8 Å². The van der Waals surface area contributed by atoms with Crippen molar-refractivity contribution in [2.24, 2.45) is 7.05 Å². The topological polar surface area (TPSA) is 55.6 Å². The third kappa shape index (κ3) is 2.70.